The fourth-order valence-corrected chi connectivity index (χ4v) is 4.74. The van der Waals surface area contributed by atoms with Gasteiger partial charge in [-0.25, -0.2) is 0 Å². The number of likely N-dealkylation sites (tertiary alicyclic amines) is 2. The summed E-state index contributed by atoms with van der Waals surface area (Å²) < 4.78 is 5.27. The second-order valence-corrected chi connectivity index (χ2v) is 7.38. The Balaban J connectivity index is 1.65. The zero-order chi connectivity index (χ0) is 15.4. The van der Waals surface area contributed by atoms with E-state index in [0.29, 0.717) is 5.54 Å². The highest BCUT2D eigenvalue weighted by molar-refractivity contribution is 7.12. The Bertz CT molecular complexity index is 491. The average molecular weight is 322 g/mol. The molecule has 3 rings (SSSR count). The van der Waals surface area contributed by atoms with Gasteiger partial charge in [-0.05, 0) is 50.1 Å². The smallest absolute Gasteiger partial charge is 0.263 e. The third kappa shape index (κ3) is 3.21. The first-order valence-electron chi connectivity index (χ1n) is 8.32. The molecule has 1 spiro atoms. The quantitative estimate of drug-likeness (QED) is 0.854. The highest BCUT2D eigenvalue weighted by atomic mass is 32.1. The molecule has 2 aliphatic heterocycles. The summed E-state index contributed by atoms with van der Waals surface area (Å²) in [6.45, 7) is 4.80. The van der Waals surface area contributed by atoms with Gasteiger partial charge in [0, 0.05) is 32.3 Å². The van der Waals surface area contributed by atoms with Gasteiger partial charge in [0.25, 0.3) is 5.91 Å². The van der Waals surface area contributed by atoms with Crippen LogP contribution >= 0.6 is 11.3 Å². The molecule has 2 fully saturated rings. The van der Waals surface area contributed by atoms with Gasteiger partial charge in [-0.15, -0.1) is 11.3 Å². The SMILES string of the molecule is COCCN1CCCC12CCCN(C(=O)c1cccs1)CC2. The number of hydrogen-bond donors (Lipinski definition) is 0. The molecule has 4 nitrogen and oxygen atoms in total. The largest absolute Gasteiger partial charge is 0.383 e. The van der Waals surface area contributed by atoms with E-state index in [0.717, 1.165) is 44.0 Å². The summed E-state index contributed by atoms with van der Waals surface area (Å²) in [6.07, 6.45) is 5.99. The Kier molecular flexibility index (Phi) is 5.16. The molecule has 122 valence electrons. The number of nitrogens with zero attached hydrogens (tertiary/aromatic N) is 2. The van der Waals surface area contributed by atoms with Crippen molar-refractivity contribution in [1.82, 2.24) is 9.80 Å². The van der Waals surface area contributed by atoms with Gasteiger partial charge in [-0.3, -0.25) is 9.69 Å². The number of methoxy groups -OCH3 is 1. The molecule has 1 aromatic rings. The van der Waals surface area contributed by atoms with Gasteiger partial charge in [-0.2, -0.15) is 0 Å². The number of thiophene rings is 1. The molecular formula is C17H26N2O2S. The summed E-state index contributed by atoms with van der Waals surface area (Å²) in [7, 11) is 1.78. The monoisotopic (exact) mass is 322 g/mol. The van der Waals surface area contributed by atoms with E-state index < -0.39 is 0 Å². The van der Waals surface area contributed by atoms with Crippen molar-refractivity contribution >= 4 is 17.2 Å². The van der Waals surface area contributed by atoms with Crippen LogP contribution in [0.4, 0.5) is 0 Å². The van der Waals surface area contributed by atoms with Crippen LogP contribution in [0.2, 0.25) is 0 Å². The van der Waals surface area contributed by atoms with Crippen LogP contribution in [0.5, 0.6) is 0 Å². The van der Waals surface area contributed by atoms with Crippen LogP contribution in [-0.2, 0) is 4.74 Å². The standard InChI is InChI=1S/C17H26N2O2S/c1-21-13-12-19-10-4-7-17(19)6-3-9-18(11-8-17)16(20)15-5-2-14-22-15/h2,5,14H,3-4,6-13H2,1H3. The van der Waals surface area contributed by atoms with E-state index in [9.17, 15) is 4.79 Å². The predicted molar refractivity (Wildman–Crippen MR) is 89.5 cm³/mol. The summed E-state index contributed by atoms with van der Waals surface area (Å²) in [5.74, 6) is 0.216. The van der Waals surface area contributed by atoms with Crippen LogP contribution in [0.15, 0.2) is 17.5 Å². The third-order valence-corrected chi connectivity index (χ3v) is 6.10. The van der Waals surface area contributed by atoms with E-state index in [1.165, 1.54) is 25.8 Å². The maximum atomic E-state index is 12.6. The normalized spacial score (nSPS) is 26.5. The molecule has 0 N–H and O–H groups in total. The number of carbonyl (C=O) groups is 1. The molecule has 1 aromatic heterocycles. The van der Waals surface area contributed by atoms with Crippen molar-refractivity contribution < 1.29 is 9.53 Å². The van der Waals surface area contributed by atoms with Crippen LogP contribution in [0.25, 0.3) is 0 Å². The minimum absolute atomic E-state index is 0.216. The number of amides is 1. The first-order valence-corrected chi connectivity index (χ1v) is 9.20. The van der Waals surface area contributed by atoms with Crippen LogP contribution in [0, 0.1) is 0 Å². The average Bonchev–Trinajstić information content (AvgIpc) is 3.13. The summed E-state index contributed by atoms with van der Waals surface area (Å²) in [6, 6.07) is 3.90. The van der Waals surface area contributed by atoms with Gasteiger partial charge in [0.1, 0.15) is 0 Å². The van der Waals surface area contributed by atoms with Crippen molar-refractivity contribution in [2.24, 2.45) is 0 Å². The lowest BCUT2D eigenvalue weighted by Crippen LogP contribution is -2.46. The summed E-state index contributed by atoms with van der Waals surface area (Å²) in [5, 5.41) is 1.98. The molecule has 2 saturated heterocycles. The summed E-state index contributed by atoms with van der Waals surface area (Å²) in [4.78, 5) is 18.1. The zero-order valence-corrected chi connectivity index (χ0v) is 14.2. The predicted octanol–water partition coefficient (Wildman–Crippen LogP) is 2.86. The molecule has 0 saturated carbocycles. The van der Waals surface area contributed by atoms with E-state index in [1.54, 1.807) is 18.4 Å². The Morgan fingerprint density at radius 3 is 2.82 bits per heavy atom. The van der Waals surface area contributed by atoms with Gasteiger partial charge < -0.3 is 9.64 Å². The Morgan fingerprint density at radius 1 is 1.27 bits per heavy atom. The molecule has 0 aromatic carbocycles. The highest BCUT2D eigenvalue weighted by Crippen LogP contribution is 2.38. The molecule has 0 radical (unpaired) electrons. The molecule has 5 heteroatoms. The lowest BCUT2D eigenvalue weighted by molar-refractivity contribution is 0.0700. The van der Waals surface area contributed by atoms with E-state index in [1.807, 2.05) is 17.5 Å². The van der Waals surface area contributed by atoms with Crippen molar-refractivity contribution in [1.29, 1.82) is 0 Å². The van der Waals surface area contributed by atoms with E-state index >= 15 is 0 Å². The molecule has 2 aliphatic rings. The number of rotatable bonds is 4. The second kappa shape index (κ2) is 7.11. The van der Waals surface area contributed by atoms with Crippen molar-refractivity contribution in [2.45, 2.75) is 37.6 Å². The van der Waals surface area contributed by atoms with E-state index in [4.69, 9.17) is 4.74 Å². The Hall–Kier alpha value is -0.910. The first-order chi connectivity index (χ1) is 10.7. The highest BCUT2D eigenvalue weighted by Gasteiger charge is 2.41. The molecule has 3 heterocycles. The van der Waals surface area contributed by atoms with Gasteiger partial charge in [-0.1, -0.05) is 6.07 Å². The number of ether oxygens (including phenoxy) is 1. The molecule has 1 atom stereocenters. The lowest BCUT2D eigenvalue weighted by Gasteiger charge is -2.38. The maximum Gasteiger partial charge on any atom is 0.263 e. The van der Waals surface area contributed by atoms with Crippen molar-refractivity contribution in [3.63, 3.8) is 0 Å². The fraction of sp³-hybridized carbons (Fsp3) is 0.706. The van der Waals surface area contributed by atoms with Crippen molar-refractivity contribution in [3.05, 3.63) is 22.4 Å². The van der Waals surface area contributed by atoms with E-state index in [2.05, 4.69) is 9.80 Å². The number of carbonyl (C=O) groups excluding carboxylic acids is 1. The Labute approximate surface area is 137 Å². The van der Waals surface area contributed by atoms with Gasteiger partial charge >= 0.3 is 0 Å². The molecule has 1 amide bonds. The minimum atomic E-state index is 0.216. The van der Waals surface area contributed by atoms with Crippen LogP contribution in [-0.4, -0.2) is 61.1 Å². The topological polar surface area (TPSA) is 32.8 Å². The zero-order valence-electron chi connectivity index (χ0n) is 13.4. The second-order valence-electron chi connectivity index (χ2n) is 6.43. The van der Waals surface area contributed by atoms with Gasteiger partial charge in [0.15, 0.2) is 0 Å². The summed E-state index contributed by atoms with van der Waals surface area (Å²) >= 11 is 1.55. The summed E-state index contributed by atoms with van der Waals surface area (Å²) in [5.41, 5.74) is 0.309. The van der Waals surface area contributed by atoms with Gasteiger partial charge in [0.2, 0.25) is 0 Å². The van der Waals surface area contributed by atoms with Crippen LogP contribution < -0.4 is 0 Å². The van der Waals surface area contributed by atoms with Gasteiger partial charge in [0.05, 0.1) is 11.5 Å². The molecule has 1 unspecified atom stereocenters. The van der Waals surface area contributed by atoms with Crippen molar-refractivity contribution in [3.8, 4) is 0 Å². The minimum Gasteiger partial charge on any atom is -0.383 e. The Morgan fingerprint density at radius 2 is 2.09 bits per heavy atom. The lowest BCUT2D eigenvalue weighted by atomic mass is 9.88. The number of hydrogen-bond acceptors (Lipinski definition) is 4. The molecule has 0 bridgehead atoms. The molecule has 0 aliphatic carbocycles. The van der Waals surface area contributed by atoms with E-state index in [-0.39, 0.29) is 5.91 Å². The van der Waals surface area contributed by atoms with Crippen LogP contribution in [0.3, 0.4) is 0 Å². The molecule has 22 heavy (non-hydrogen) atoms. The first kappa shape index (κ1) is 16.0. The van der Waals surface area contributed by atoms with Crippen LogP contribution in [0.1, 0.15) is 41.8 Å². The van der Waals surface area contributed by atoms with Crippen molar-refractivity contribution in [2.75, 3.05) is 39.9 Å². The fourth-order valence-electron chi connectivity index (χ4n) is 4.05. The third-order valence-electron chi connectivity index (χ3n) is 5.24. The maximum absolute atomic E-state index is 12.6. The molecular weight excluding hydrogens is 296 g/mol.